The van der Waals surface area contributed by atoms with Gasteiger partial charge in [0.25, 0.3) is 15.2 Å². The molecule has 0 aromatic heterocycles. The Morgan fingerprint density at radius 2 is 1.85 bits per heavy atom. The average molecular weight is 194 g/mol. The van der Waals surface area contributed by atoms with Crippen molar-refractivity contribution in [3.63, 3.8) is 0 Å². The number of allylic oxidation sites excluding steroid dienone is 4. The van der Waals surface area contributed by atoms with Gasteiger partial charge >= 0.3 is 0 Å². The number of hydrogen-bond acceptors (Lipinski definition) is 0. The molecule has 0 saturated heterocycles. The molecule has 0 nitrogen and oxygen atoms in total. The molecule has 0 spiro atoms. The predicted octanol–water partition coefficient (Wildman–Crippen LogP) is 3.90. The van der Waals surface area contributed by atoms with E-state index in [0.29, 0.717) is 0 Å². The third kappa shape index (κ3) is 8.35. The van der Waals surface area contributed by atoms with Gasteiger partial charge in [0.2, 0.25) is 0 Å². The van der Waals surface area contributed by atoms with E-state index >= 15 is 0 Å². The van der Waals surface area contributed by atoms with Crippen molar-refractivity contribution < 1.29 is 0 Å². The molecule has 1 aliphatic rings. The zero-order valence-electron chi connectivity index (χ0n) is 9.47. The Labute approximate surface area is 89.8 Å². The van der Waals surface area contributed by atoms with Gasteiger partial charge in [-0.15, -0.1) is 4.44 Å². The third-order valence-corrected chi connectivity index (χ3v) is 4.43. The lowest BCUT2D eigenvalue weighted by molar-refractivity contribution is 0.886. The Balaban J connectivity index is 0.000000310. The van der Waals surface area contributed by atoms with Gasteiger partial charge in [-0.2, -0.15) is 0 Å². The zero-order chi connectivity index (χ0) is 9.94. The van der Waals surface area contributed by atoms with Crippen LogP contribution in [0.1, 0.15) is 46.5 Å². The van der Waals surface area contributed by atoms with Crippen LogP contribution in [0, 0.1) is 0 Å². The summed E-state index contributed by atoms with van der Waals surface area (Å²) in [4.78, 5) is 0. The maximum atomic E-state index is 2.31. The molecule has 1 heteroatoms. The summed E-state index contributed by atoms with van der Waals surface area (Å²) in [5.41, 5.74) is 0. The van der Waals surface area contributed by atoms with Crippen molar-refractivity contribution in [2.24, 2.45) is 0 Å². The van der Waals surface area contributed by atoms with Crippen molar-refractivity contribution in [3.8, 4) is 0 Å². The molecule has 0 bridgehead atoms. The third-order valence-electron chi connectivity index (χ3n) is 2.20. The molecule has 0 aliphatic heterocycles. The van der Waals surface area contributed by atoms with E-state index in [2.05, 4.69) is 39.0 Å². The predicted molar refractivity (Wildman–Crippen MR) is 64.7 cm³/mol. The molecule has 0 amide bonds. The molecule has 0 heterocycles. The number of rotatable bonds is 4. The van der Waals surface area contributed by atoms with Crippen molar-refractivity contribution >= 4 is 15.2 Å². The van der Waals surface area contributed by atoms with Gasteiger partial charge in [-0.3, -0.25) is 0 Å². The van der Waals surface area contributed by atoms with Gasteiger partial charge in [-0.05, 0) is 6.42 Å². The van der Waals surface area contributed by atoms with E-state index in [1.807, 2.05) is 0 Å². The van der Waals surface area contributed by atoms with Gasteiger partial charge in [-0.1, -0.05) is 63.5 Å². The van der Waals surface area contributed by atoms with Crippen LogP contribution in [-0.2, 0) is 0 Å². The van der Waals surface area contributed by atoms with E-state index in [-0.39, 0.29) is 15.2 Å². The Morgan fingerprint density at radius 3 is 2.23 bits per heavy atom. The SMILES string of the molecule is CCCC.CC[CH2][AlH][C]1=CC=CC1. The highest BCUT2D eigenvalue weighted by Crippen LogP contribution is 2.10. The van der Waals surface area contributed by atoms with Gasteiger partial charge < -0.3 is 0 Å². The quantitative estimate of drug-likeness (QED) is 0.595. The van der Waals surface area contributed by atoms with Crippen LogP contribution < -0.4 is 0 Å². The van der Waals surface area contributed by atoms with Crippen molar-refractivity contribution in [2.75, 3.05) is 0 Å². The molecule has 0 aromatic carbocycles. The molecule has 13 heavy (non-hydrogen) atoms. The van der Waals surface area contributed by atoms with Crippen LogP contribution in [0.3, 0.4) is 0 Å². The molecular formula is C12H23Al. The highest BCUT2D eigenvalue weighted by atomic mass is 27.1. The van der Waals surface area contributed by atoms with E-state index in [4.69, 9.17) is 0 Å². The van der Waals surface area contributed by atoms with Crippen LogP contribution >= 0.6 is 0 Å². The first kappa shape index (κ1) is 13.0. The van der Waals surface area contributed by atoms with E-state index in [0.717, 1.165) is 0 Å². The summed E-state index contributed by atoms with van der Waals surface area (Å²) in [7, 11) is 0. The zero-order valence-corrected chi connectivity index (χ0v) is 10.9. The van der Waals surface area contributed by atoms with E-state index in [1.54, 1.807) is 4.44 Å². The van der Waals surface area contributed by atoms with Crippen LogP contribution in [0.4, 0.5) is 0 Å². The topological polar surface area (TPSA) is 0 Å². The van der Waals surface area contributed by atoms with Gasteiger partial charge in [0.05, 0.1) is 0 Å². The van der Waals surface area contributed by atoms with Crippen LogP contribution in [-0.4, -0.2) is 15.2 Å². The average Bonchev–Trinajstić information content (AvgIpc) is 2.67. The lowest BCUT2D eigenvalue weighted by atomic mass is 10.4. The summed E-state index contributed by atoms with van der Waals surface area (Å²) >= 11 is 0.186. The van der Waals surface area contributed by atoms with E-state index < -0.39 is 0 Å². The maximum absolute atomic E-state index is 2.31. The first-order chi connectivity index (χ1) is 6.35. The molecular weight excluding hydrogens is 171 g/mol. The highest BCUT2D eigenvalue weighted by Gasteiger charge is 2.00. The smallest absolute Gasteiger partial charge is 0.132 e. The monoisotopic (exact) mass is 194 g/mol. The lowest BCUT2D eigenvalue weighted by Gasteiger charge is -1.93. The fourth-order valence-electron chi connectivity index (χ4n) is 1.08. The fraction of sp³-hybridized carbons (Fsp3) is 0.667. The molecule has 0 atom stereocenters. The molecule has 74 valence electrons. The Kier molecular flexibility index (Phi) is 10.1. The Hall–Kier alpha value is 0.0125. The van der Waals surface area contributed by atoms with Crippen molar-refractivity contribution in [1.29, 1.82) is 0 Å². The maximum Gasteiger partial charge on any atom is 0.276 e. The summed E-state index contributed by atoms with van der Waals surface area (Å²) in [6.45, 7) is 6.63. The molecule has 1 rings (SSSR count). The second kappa shape index (κ2) is 10.1. The van der Waals surface area contributed by atoms with Crippen molar-refractivity contribution in [1.82, 2.24) is 0 Å². The summed E-state index contributed by atoms with van der Waals surface area (Å²) in [5, 5.41) is 1.49. The molecule has 1 aliphatic carbocycles. The molecule has 0 unspecified atom stereocenters. The lowest BCUT2D eigenvalue weighted by Crippen LogP contribution is -1.91. The van der Waals surface area contributed by atoms with Crippen LogP contribution in [0.25, 0.3) is 0 Å². The molecule has 0 N–H and O–H groups in total. The summed E-state index contributed by atoms with van der Waals surface area (Å²) in [6.07, 6.45) is 12.0. The van der Waals surface area contributed by atoms with Gasteiger partial charge in [0.15, 0.2) is 0 Å². The summed E-state index contributed by atoms with van der Waals surface area (Å²) in [6, 6.07) is 0. The highest BCUT2D eigenvalue weighted by molar-refractivity contribution is 6.45. The standard InChI is InChI=1S/C5H5.C4H10.C3H7.Al.H/c1-2-4-5-3-1;1-3-4-2;1-3-2;;/h1-3H,4H2;3-4H2,1-2H3;1,3H2,2H3;;. The summed E-state index contributed by atoms with van der Waals surface area (Å²) in [5.74, 6) is 0. The molecule has 0 saturated carbocycles. The van der Waals surface area contributed by atoms with Crippen LogP contribution in [0.2, 0.25) is 5.28 Å². The van der Waals surface area contributed by atoms with E-state index in [9.17, 15) is 0 Å². The van der Waals surface area contributed by atoms with Crippen LogP contribution in [0.15, 0.2) is 22.7 Å². The minimum absolute atomic E-state index is 0.186. The van der Waals surface area contributed by atoms with Crippen molar-refractivity contribution in [2.45, 2.75) is 51.7 Å². The van der Waals surface area contributed by atoms with Gasteiger partial charge in [0, 0.05) is 0 Å². The minimum atomic E-state index is 0.186. The Morgan fingerprint density at radius 1 is 1.15 bits per heavy atom. The van der Waals surface area contributed by atoms with Gasteiger partial charge in [0.1, 0.15) is 0 Å². The molecule has 0 radical (unpaired) electrons. The molecule has 0 fully saturated rings. The number of hydrogen-bond donors (Lipinski definition) is 0. The van der Waals surface area contributed by atoms with Gasteiger partial charge in [-0.25, -0.2) is 0 Å². The molecule has 0 aromatic rings. The first-order valence-corrected chi connectivity index (χ1v) is 7.40. The Bertz CT molecular complexity index is 155. The minimum Gasteiger partial charge on any atom is -0.132 e. The normalized spacial score (nSPS) is 13.3. The second-order valence-electron chi connectivity index (χ2n) is 3.56. The number of unbranched alkanes of at least 4 members (excludes halogenated alkanes) is 1. The largest absolute Gasteiger partial charge is 0.276 e. The first-order valence-electron chi connectivity index (χ1n) is 5.69. The van der Waals surface area contributed by atoms with Crippen LogP contribution in [0.5, 0.6) is 0 Å². The second-order valence-corrected chi connectivity index (χ2v) is 5.68. The van der Waals surface area contributed by atoms with Crippen molar-refractivity contribution in [3.05, 3.63) is 22.7 Å². The fourth-order valence-corrected chi connectivity index (χ4v) is 2.56. The van der Waals surface area contributed by atoms with E-state index in [1.165, 1.54) is 31.0 Å². The summed E-state index contributed by atoms with van der Waals surface area (Å²) < 4.78 is 1.75.